The van der Waals surface area contributed by atoms with Gasteiger partial charge in [0.1, 0.15) is 28.8 Å². The van der Waals surface area contributed by atoms with Gasteiger partial charge in [-0.1, -0.05) is 51.1 Å². The van der Waals surface area contributed by atoms with Crippen molar-refractivity contribution in [3.8, 4) is 0 Å². The Morgan fingerprint density at radius 1 is 0.981 bits per heavy atom. The Kier molecular flexibility index (Phi) is 17.2. The fourth-order valence-corrected chi connectivity index (χ4v) is 7.08. The SMILES string of the molecule is CC[C@@H]1NC(=O)[C@@H](C)NC(=O)c2csc(n2)[C@H](C(C)C)NC(=O)CN(C(=O)CCNC(C)=O)C[C@H](Cc2ccccc2)NC(=O)[C@H](CCSC)NC1=O. The third-order valence-corrected chi connectivity index (χ3v) is 10.1. The molecule has 2 bridgehead atoms. The molecule has 0 saturated carbocycles. The molecule has 1 aliphatic heterocycles. The van der Waals surface area contributed by atoms with E-state index in [1.165, 1.54) is 47.2 Å². The Labute approximate surface area is 319 Å². The first-order valence-electron chi connectivity index (χ1n) is 17.7. The first-order chi connectivity index (χ1) is 25.2. The molecule has 0 saturated heterocycles. The van der Waals surface area contributed by atoms with Crippen LogP contribution in [0.1, 0.15) is 81.0 Å². The number of hydrogen-bond acceptors (Lipinski definition) is 10. The summed E-state index contributed by atoms with van der Waals surface area (Å²) in [7, 11) is 0. The van der Waals surface area contributed by atoms with Crippen LogP contribution in [0.3, 0.4) is 0 Å². The van der Waals surface area contributed by atoms with Crippen LogP contribution in [0.4, 0.5) is 0 Å². The summed E-state index contributed by atoms with van der Waals surface area (Å²) in [6, 6.07) is 5.05. The number of thioether (sulfide) groups is 1. The molecule has 53 heavy (non-hydrogen) atoms. The van der Waals surface area contributed by atoms with Gasteiger partial charge in [-0.15, -0.1) is 11.3 Å². The molecule has 0 radical (unpaired) electrons. The van der Waals surface area contributed by atoms with Crippen LogP contribution in [0.2, 0.25) is 0 Å². The van der Waals surface area contributed by atoms with Gasteiger partial charge in [0.25, 0.3) is 5.91 Å². The maximum absolute atomic E-state index is 14.0. The van der Waals surface area contributed by atoms with E-state index in [2.05, 4.69) is 36.9 Å². The van der Waals surface area contributed by atoms with Gasteiger partial charge in [-0.2, -0.15) is 11.8 Å². The number of aromatic nitrogens is 1. The number of carbonyl (C=O) groups excluding carboxylic acids is 7. The molecule has 1 aromatic heterocycles. The van der Waals surface area contributed by atoms with Crippen molar-refractivity contribution in [2.24, 2.45) is 5.92 Å². The quantitative estimate of drug-likeness (QED) is 0.206. The molecule has 0 spiro atoms. The summed E-state index contributed by atoms with van der Waals surface area (Å²) in [5.74, 6) is -3.09. The molecule has 0 fully saturated rings. The maximum atomic E-state index is 14.0. The van der Waals surface area contributed by atoms with Gasteiger partial charge < -0.3 is 36.8 Å². The monoisotopic (exact) mass is 772 g/mol. The normalized spacial score (nSPS) is 22.4. The Balaban J connectivity index is 2.06. The van der Waals surface area contributed by atoms with Gasteiger partial charge >= 0.3 is 0 Å². The molecule has 0 aliphatic carbocycles. The molecule has 17 heteroatoms. The van der Waals surface area contributed by atoms with E-state index in [0.717, 1.165) is 5.56 Å². The predicted octanol–water partition coefficient (Wildman–Crippen LogP) is 1.30. The van der Waals surface area contributed by atoms with Crippen LogP contribution in [0.15, 0.2) is 35.7 Å². The predicted molar refractivity (Wildman–Crippen MR) is 204 cm³/mol. The van der Waals surface area contributed by atoms with Gasteiger partial charge in [-0.3, -0.25) is 33.6 Å². The molecular formula is C36H52N8O7S2. The Bertz CT molecular complexity index is 1590. The van der Waals surface area contributed by atoms with Crippen molar-refractivity contribution in [1.29, 1.82) is 0 Å². The Morgan fingerprint density at radius 2 is 1.66 bits per heavy atom. The van der Waals surface area contributed by atoms with Crippen molar-refractivity contribution >= 4 is 64.4 Å². The minimum atomic E-state index is -1.02. The molecular weight excluding hydrogens is 721 g/mol. The van der Waals surface area contributed by atoms with Crippen LogP contribution in [0.25, 0.3) is 0 Å². The number of rotatable bonds is 10. The molecule has 2 aromatic rings. The standard InChI is InChI=1S/C36H52N8O7S2/c1-7-26-33(49)41-27(14-16-52-6)34(50)39-25(17-24-11-9-8-10-12-24)18-44(30(47)13-15-37-23(5)45)19-29(46)43-31(21(2)3)36-42-28(20-53-36)35(51)38-22(4)32(48)40-26/h8-12,20-22,25-27,31H,7,13-19H2,1-6H3,(H,37,45)(H,38,51)(H,39,50)(H,40,48)(H,41,49)(H,43,46)/t22-,25+,26+,27+,31+/m1/s1. The van der Waals surface area contributed by atoms with E-state index in [0.29, 0.717) is 17.2 Å². The maximum Gasteiger partial charge on any atom is 0.271 e. The number of fused-ring (bicyclic) bond motifs is 2. The fraction of sp³-hybridized carbons (Fsp3) is 0.556. The molecule has 1 aromatic carbocycles. The molecule has 1 aliphatic rings. The second-order valence-corrected chi connectivity index (χ2v) is 15.1. The van der Waals surface area contributed by atoms with Crippen molar-refractivity contribution in [2.75, 3.05) is 31.6 Å². The van der Waals surface area contributed by atoms with Crippen molar-refractivity contribution < 1.29 is 33.6 Å². The van der Waals surface area contributed by atoms with E-state index in [-0.39, 0.29) is 56.4 Å². The summed E-state index contributed by atoms with van der Waals surface area (Å²) < 4.78 is 0. The zero-order chi connectivity index (χ0) is 39.1. The smallest absolute Gasteiger partial charge is 0.271 e. The zero-order valence-electron chi connectivity index (χ0n) is 31.2. The number of carbonyl (C=O) groups is 7. The number of nitrogens with zero attached hydrogens (tertiary/aromatic N) is 2. The van der Waals surface area contributed by atoms with Gasteiger partial charge in [0.05, 0.1) is 18.6 Å². The molecule has 3 rings (SSSR count). The van der Waals surface area contributed by atoms with E-state index < -0.39 is 65.7 Å². The average Bonchev–Trinajstić information content (AvgIpc) is 3.60. The molecule has 6 N–H and O–H groups in total. The third-order valence-electron chi connectivity index (χ3n) is 8.54. The highest BCUT2D eigenvalue weighted by atomic mass is 32.2. The van der Waals surface area contributed by atoms with E-state index in [1.54, 1.807) is 6.92 Å². The number of hydrogen-bond donors (Lipinski definition) is 6. The van der Waals surface area contributed by atoms with Crippen LogP contribution in [0, 0.1) is 5.92 Å². The lowest BCUT2D eigenvalue weighted by Crippen LogP contribution is -2.58. The van der Waals surface area contributed by atoms with E-state index in [1.807, 2.05) is 50.4 Å². The van der Waals surface area contributed by atoms with Crippen LogP contribution in [-0.2, 0) is 35.2 Å². The van der Waals surface area contributed by atoms with E-state index >= 15 is 0 Å². The van der Waals surface area contributed by atoms with Gasteiger partial charge in [-0.05, 0) is 49.7 Å². The highest BCUT2D eigenvalue weighted by Gasteiger charge is 2.31. The highest BCUT2D eigenvalue weighted by molar-refractivity contribution is 7.98. The van der Waals surface area contributed by atoms with Gasteiger partial charge in [-0.25, -0.2) is 4.98 Å². The second-order valence-electron chi connectivity index (χ2n) is 13.3. The summed E-state index contributed by atoms with van der Waals surface area (Å²) in [6.07, 6.45) is 2.58. The summed E-state index contributed by atoms with van der Waals surface area (Å²) >= 11 is 2.67. The lowest BCUT2D eigenvalue weighted by Gasteiger charge is -2.31. The van der Waals surface area contributed by atoms with Gasteiger partial charge in [0, 0.05) is 31.8 Å². The van der Waals surface area contributed by atoms with E-state index in [4.69, 9.17) is 0 Å². The summed E-state index contributed by atoms with van der Waals surface area (Å²) in [6.45, 7) is 7.95. The number of amides is 7. The third kappa shape index (κ3) is 13.8. The number of benzene rings is 1. The van der Waals surface area contributed by atoms with Crippen LogP contribution >= 0.6 is 23.1 Å². The van der Waals surface area contributed by atoms with Crippen molar-refractivity contribution in [3.05, 3.63) is 52.0 Å². The van der Waals surface area contributed by atoms with E-state index in [9.17, 15) is 33.6 Å². The minimum absolute atomic E-state index is 0.0527. The molecule has 7 amide bonds. The molecule has 290 valence electrons. The van der Waals surface area contributed by atoms with Gasteiger partial charge in [0.2, 0.25) is 35.4 Å². The number of thiazole rings is 1. The first-order valence-corrected chi connectivity index (χ1v) is 20.0. The van der Waals surface area contributed by atoms with Crippen molar-refractivity contribution in [3.63, 3.8) is 0 Å². The molecule has 15 nitrogen and oxygen atoms in total. The summed E-state index contributed by atoms with van der Waals surface area (Å²) in [5, 5.41) is 18.7. The van der Waals surface area contributed by atoms with Crippen molar-refractivity contribution in [2.45, 2.75) is 90.5 Å². The highest BCUT2D eigenvalue weighted by Crippen LogP contribution is 2.25. The minimum Gasteiger partial charge on any atom is -0.356 e. The topological polar surface area (TPSA) is 208 Å². The molecule has 0 unspecified atom stereocenters. The Morgan fingerprint density at radius 3 is 2.30 bits per heavy atom. The average molecular weight is 773 g/mol. The molecule has 5 atom stereocenters. The zero-order valence-corrected chi connectivity index (χ0v) is 32.8. The van der Waals surface area contributed by atoms with Gasteiger partial charge in [0.15, 0.2) is 0 Å². The molecule has 2 heterocycles. The Hall–Kier alpha value is -4.51. The van der Waals surface area contributed by atoms with Crippen molar-refractivity contribution in [1.82, 2.24) is 41.8 Å². The number of nitrogens with one attached hydrogen (secondary N) is 6. The summed E-state index contributed by atoms with van der Waals surface area (Å²) in [5.41, 5.74) is 0.925. The van der Waals surface area contributed by atoms with Crippen LogP contribution in [0.5, 0.6) is 0 Å². The second kappa shape index (κ2) is 21.3. The lowest BCUT2D eigenvalue weighted by atomic mass is 10.0. The lowest BCUT2D eigenvalue weighted by molar-refractivity contribution is -0.137. The van der Waals surface area contributed by atoms with Crippen LogP contribution < -0.4 is 31.9 Å². The first kappa shape index (κ1) is 42.9. The van der Waals surface area contributed by atoms with Crippen LogP contribution in [-0.4, -0.2) is 107 Å². The summed E-state index contributed by atoms with van der Waals surface area (Å²) in [4.78, 5) is 98.6. The largest absolute Gasteiger partial charge is 0.356 e. The fourth-order valence-electron chi connectivity index (χ4n) is 5.59.